The quantitative estimate of drug-likeness (QED) is 0.751. The van der Waals surface area contributed by atoms with E-state index in [1.54, 1.807) is 12.1 Å². The lowest BCUT2D eigenvalue weighted by Gasteiger charge is -2.03. The lowest BCUT2D eigenvalue weighted by atomic mass is 10.2. The van der Waals surface area contributed by atoms with Crippen LogP contribution in [0.2, 0.25) is 0 Å². The zero-order chi connectivity index (χ0) is 16.9. The number of methoxy groups -OCH3 is 1. The van der Waals surface area contributed by atoms with Crippen LogP contribution in [-0.4, -0.2) is 24.1 Å². The highest BCUT2D eigenvalue weighted by Gasteiger charge is 2.18. The summed E-state index contributed by atoms with van der Waals surface area (Å²) in [6, 6.07) is 12.5. The van der Waals surface area contributed by atoms with Gasteiger partial charge >= 0.3 is 6.09 Å². The van der Waals surface area contributed by atoms with Gasteiger partial charge in [0.2, 0.25) is 0 Å². The summed E-state index contributed by atoms with van der Waals surface area (Å²) in [5, 5.41) is 6.07. The molecule has 0 spiro atoms. The van der Waals surface area contributed by atoms with Crippen molar-refractivity contribution in [2.45, 2.75) is 0 Å². The SMILES string of the molecule is COC(=O)Nc1nc(-c2ccccc2)c(NC(=O)c2ccco2)s1. The number of nitrogens with one attached hydrogen (secondary N) is 2. The number of hydrogen-bond acceptors (Lipinski definition) is 6. The maximum atomic E-state index is 12.2. The highest BCUT2D eigenvalue weighted by molar-refractivity contribution is 7.20. The lowest BCUT2D eigenvalue weighted by Crippen LogP contribution is -2.10. The van der Waals surface area contributed by atoms with E-state index >= 15 is 0 Å². The Morgan fingerprint density at radius 1 is 1.12 bits per heavy atom. The number of aromatic nitrogens is 1. The maximum Gasteiger partial charge on any atom is 0.413 e. The summed E-state index contributed by atoms with van der Waals surface area (Å²) in [7, 11) is 1.26. The Hall–Kier alpha value is -3.13. The first-order chi connectivity index (χ1) is 11.7. The number of ether oxygens (including phenoxy) is 1. The molecule has 0 unspecified atom stereocenters. The van der Waals surface area contributed by atoms with E-state index in [2.05, 4.69) is 20.4 Å². The largest absolute Gasteiger partial charge is 0.459 e. The number of carbonyl (C=O) groups is 2. The van der Waals surface area contributed by atoms with Crippen LogP contribution in [0.4, 0.5) is 14.9 Å². The van der Waals surface area contributed by atoms with Crippen LogP contribution >= 0.6 is 11.3 Å². The summed E-state index contributed by atoms with van der Waals surface area (Å²) < 4.78 is 9.65. The minimum absolute atomic E-state index is 0.185. The molecule has 0 saturated carbocycles. The van der Waals surface area contributed by atoms with Crippen LogP contribution in [0.1, 0.15) is 10.6 Å². The van der Waals surface area contributed by atoms with Crippen molar-refractivity contribution in [2.24, 2.45) is 0 Å². The van der Waals surface area contributed by atoms with E-state index in [0.717, 1.165) is 16.9 Å². The minimum atomic E-state index is -0.632. The second-order valence-electron chi connectivity index (χ2n) is 4.61. The molecule has 0 atom stereocenters. The standard InChI is InChI=1S/C16H13N3O4S/c1-22-16(21)19-15-17-12(10-6-3-2-4-7-10)14(24-15)18-13(20)11-8-5-9-23-11/h2-9H,1H3,(H,18,20)(H,17,19,21). The van der Waals surface area contributed by atoms with Gasteiger partial charge in [0, 0.05) is 5.56 Å². The Morgan fingerprint density at radius 2 is 1.92 bits per heavy atom. The Morgan fingerprint density at radius 3 is 2.58 bits per heavy atom. The van der Waals surface area contributed by atoms with E-state index in [1.165, 1.54) is 13.4 Å². The summed E-state index contributed by atoms with van der Waals surface area (Å²) in [5.41, 5.74) is 1.35. The molecule has 7 nitrogen and oxygen atoms in total. The number of anilines is 2. The molecule has 3 rings (SSSR count). The van der Waals surface area contributed by atoms with Crippen molar-refractivity contribution >= 4 is 33.5 Å². The van der Waals surface area contributed by atoms with E-state index < -0.39 is 12.0 Å². The molecule has 24 heavy (non-hydrogen) atoms. The molecule has 2 aromatic heterocycles. The average Bonchev–Trinajstić information content (AvgIpc) is 3.25. The van der Waals surface area contributed by atoms with Crippen molar-refractivity contribution in [3.05, 3.63) is 54.5 Å². The number of amides is 2. The van der Waals surface area contributed by atoms with Crippen molar-refractivity contribution in [1.82, 2.24) is 4.98 Å². The molecule has 3 aromatic rings. The van der Waals surface area contributed by atoms with Gasteiger partial charge in [0.1, 0.15) is 10.7 Å². The first-order valence-electron chi connectivity index (χ1n) is 6.93. The summed E-state index contributed by atoms with van der Waals surface area (Å²) in [6.07, 6.45) is 0.788. The van der Waals surface area contributed by atoms with Crippen LogP contribution in [-0.2, 0) is 4.74 Å². The maximum absolute atomic E-state index is 12.2. The molecule has 8 heteroatoms. The Bertz CT molecular complexity index is 844. The van der Waals surface area contributed by atoms with Crippen molar-refractivity contribution in [3.63, 3.8) is 0 Å². The van der Waals surface area contributed by atoms with E-state index in [1.807, 2.05) is 30.3 Å². The normalized spacial score (nSPS) is 10.2. The third-order valence-electron chi connectivity index (χ3n) is 3.04. The molecule has 2 amide bonds. The van der Waals surface area contributed by atoms with E-state index in [0.29, 0.717) is 15.8 Å². The van der Waals surface area contributed by atoms with Crippen molar-refractivity contribution in [2.75, 3.05) is 17.7 Å². The molecule has 0 aliphatic rings. The second kappa shape index (κ2) is 6.97. The molecular weight excluding hydrogens is 330 g/mol. The van der Waals surface area contributed by atoms with E-state index in [9.17, 15) is 9.59 Å². The first-order valence-corrected chi connectivity index (χ1v) is 7.75. The fourth-order valence-electron chi connectivity index (χ4n) is 1.96. The number of rotatable bonds is 4. The van der Waals surface area contributed by atoms with Crippen LogP contribution in [0.5, 0.6) is 0 Å². The van der Waals surface area contributed by atoms with Gasteiger partial charge in [-0.15, -0.1) is 0 Å². The smallest absolute Gasteiger partial charge is 0.413 e. The number of furan rings is 1. The topological polar surface area (TPSA) is 93.5 Å². The van der Waals surface area contributed by atoms with Crippen LogP contribution in [0, 0.1) is 0 Å². The summed E-state index contributed by atoms with van der Waals surface area (Å²) in [4.78, 5) is 28.0. The minimum Gasteiger partial charge on any atom is -0.459 e. The van der Waals surface area contributed by atoms with Gasteiger partial charge in [-0.1, -0.05) is 41.7 Å². The van der Waals surface area contributed by atoms with Crippen molar-refractivity contribution in [3.8, 4) is 11.3 Å². The van der Waals surface area contributed by atoms with Crippen LogP contribution in [0.25, 0.3) is 11.3 Å². The zero-order valence-electron chi connectivity index (χ0n) is 12.6. The van der Waals surface area contributed by atoms with E-state index in [4.69, 9.17) is 4.42 Å². The number of nitrogens with zero attached hydrogens (tertiary/aromatic N) is 1. The molecule has 0 aliphatic heterocycles. The predicted octanol–water partition coefficient (Wildman–Crippen LogP) is 3.83. The number of benzene rings is 1. The van der Waals surface area contributed by atoms with Crippen LogP contribution < -0.4 is 10.6 Å². The summed E-state index contributed by atoms with van der Waals surface area (Å²) in [5.74, 6) is -0.213. The molecular formula is C16H13N3O4S. The lowest BCUT2D eigenvalue weighted by molar-refractivity contribution is 0.0997. The second-order valence-corrected chi connectivity index (χ2v) is 5.61. The molecule has 0 saturated heterocycles. The van der Waals surface area contributed by atoms with Crippen molar-refractivity contribution < 1.29 is 18.7 Å². The predicted molar refractivity (Wildman–Crippen MR) is 90.2 cm³/mol. The Labute approximate surface area is 141 Å². The van der Waals surface area contributed by atoms with Gasteiger partial charge in [-0.05, 0) is 12.1 Å². The average molecular weight is 343 g/mol. The third-order valence-corrected chi connectivity index (χ3v) is 3.93. The van der Waals surface area contributed by atoms with Crippen LogP contribution in [0.3, 0.4) is 0 Å². The molecule has 0 aliphatic carbocycles. The molecule has 0 fully saturated rings. The summed E-state index contributed by atoms with van der Waals surface area (Å²) in [6.45, 7) is 0. The number of thiazole rings is 1. The van der Waals surface area contributed by atoms with Gasteiger partial charge < -0.3 is 14.5 Å². The molecule has 2 N–H and O–H groups in total. The fraction of sp³-hybridized carbons (Fsp3) is 0.0625. The van der Waals surface area contributed by atoms with E-state index in [-0.39, 0.29) is 5.76 Å². The van der Waals surface area contributed by atoms with Gasteiger partial charge in [0.15, 0.2) is 10.9 Å². The number of carbonyl (C=O) groups excluding carboxylic acids is 2. The zero-order valence-corrected chi connectivity index (χ0v) is 13.4. The Kier molecular flexibility index (Phi) is 4.57. The van der Waals surface area contributed by atoms with Gasteiger partial charge in [0.25, 0.3) is 5.91 Å². The first kappa shape index (κ1) is 15.8. The summed E-state index contributed by atoms with van der Waals surface area (Å²) >= 11 is 1.13. The highest BCUT2D eigenvalue weighted by atomic mass is 32.1. The number of hydrogen-bond donors (Lipinski definition) is 2. The van der Waals surface area contributed by atoms with Gasteiger partial charge in [-0.25, -0.2) is 9.78 Å². The van der Waals surface area contributed by atoms with Crippen molar-refractivity contribution in [1.29, 1.82) is 0 Å². The molecule has 122 valence electrons. The monoisotopic (exact) mass is 343 g/mol. The van der Waals surface area contributed by atoms with Gasteiger partial charge in [-0.3, -0.25) is 10.1 Å². The third kappa shape index (κ3) is 3.44. The van der Waals surface area contributed by atoms with Gasteiger partial charge in [-0.2, -0.15) is 0 Å². The van der Waals surface area contributed by atoms with Gasteiger partial charge in [0.05, 0.1) is 13.4 Å². The Balaban J connectivity index is 1.93. The van der Waals surface area contributed by atoms with Crippen LogP contribution in [0.15, 0.2) is 53.1 Å². The molecule has 0 radical (unpaired) electrons. The molecule has 0 bridgehead atoms. The fourth-order valence-corrected chi connectivity index (χ4v) is 2.83. The molecule has 1 aromatic carbocycles. The molecule has 2 heterocycles. The highest BCUT2D eigenvalue weighted by Crippen LogP contribution is 2.36.